The van der Waals surface area contributed by atoms with E-state index in [1.54, 1.807) is 18.2 Å². The van der Waals surface area contributed by atoms with Crippen molar-refractivity contribution in [3.8, 4) is 0 Å². The van der Waals surface area contributed by atoms with E-state index in [0.29, 0.717) is 22.4 Å². The Morgan fingerprint density at radius 2 is 2.36 bits per heavy atom. The van der Waals surface area contributed by atoms with Crippen LogP contribution in [0.25, 0.3) is 0 Å². The minimum atomic E-state index is -0.468. The average Bonchev–Trinajstić information content (AvgIpc) is 2.81. The lowest BCUT2D eigenvalue weighted by Gasteiger charge is -2.08. The molecule has 1 saturated heterocycles. The summed E-state index contributed by atoms with van der Waals surface area (Å²) in [5.74, 6) is -0.442. The van der Waals surface area contributed by atoms with Crippen LogP contribution in [0.5, 0.6) is 0 Å². The van der Waals surface area contributed by atoms with Gasteiger partial charge in [0.25, 0.3) is 0 Å². The number of hydrogen-bond acceptors (Lipinski definition) is 4. The number of nitrogens with zero attached hydrogens (tertiary/aromatic N) is 1. The highest BCUT2D eigenvalue weighted by Gasteiger charge is 2.31. The molecule has 1 heterocycles. The largest absolute Gasteiger partial charge is 0.326 e. The Bertz CT molecular complexity index is 646. The average molecular weight is 338 g/mol. The molecular weight excluding hydrogens is 322 g/mol. The summed E-state index contributed by atoms with van der Waals surface area (Å²) in [4.78, 5) is 28.0. The first-order valence-electron chi connectivity index (χ1n) is 6.68. The summed E-state index contributed by atoms with van der Waals surface area (Å²) in [7, 11) is 0. The second-order valence-corrected chi connectivity index (χ2v) is 6.35. The number of halogens is 1. The molecule has 0 saturated carbocycles. The fourth-order valence-electron chi connectivity index (χ4n) is 1.81. The highest BCUT2D eigenvalue weighted by Crippen LogP contribution is 2.24. The summed E-state index contributed by atoms with van der Waals surface area (Å²) >= 11 is 7.27. The minimum Gasteiger partial charge on any atom is -0.326 e. The second kappa shape index (κ2) is 7.47. The van der Waals surface area contributed by atoms with Crippen LogP contribution in [0, 0.1) is 6.92 Å². The van der Waals surface area contributed by atoms with Gasteiger partial charge in [-0.05, 0) is 24.6 Å². The van der Waals surface area contributed by atoms with Crippen molar-refractivity contribution >= 4 is 46.0 Å². The van der Waals surface area contributed by atoms with Crippen molar-refractivity contribution in [2.45, 2.75) is 18.6 Å². The molecule has 1 aromatic rings. The molecule has 0 aliphatic carbocycles. The Balaban J connectivity index is 1.93. The third kappa shape index (κ3) is 4.35. The maximum absolute atomic E-state index is 12.0. The SMILES string of the molecule is C=CCN=C1NC(=O)C(CC(=O)Nc2ccc(C)c(Cl)c2)S1. The van der Waals surface area contributed by atoms with Crippen molar-refractivity contribution in [2.75, 3.05) is 11.9 Å². The van der Waals surface area contributed by atoms with Gasteiger partial charge in [0.1, 0.15) is 5.25 Å². The number of rotatable bonds is 5. The monoisotopic (exact) mass is 337 g/mol. The van der Waals surface area contributed by atoms with Crippen molar-refractivity contribution in [2.24, 2.45) is 4.99 Å². The van der Waals surface area contributed by atoms with Gasteiger partial charge in [0.2, 0.25) is 11.8 Å². The van der Waals surface area contributed by atoms with Crippen molar-refractivity contribution in [3.05, 3.63) is 41.4 Å². The van der Waals surface area contributed by atoms with Crippen LogP contribution in [0.1, 0.15) is 12.0 Å². The molecule has 5 nitrogen and oxygen atoms in total. The van der Waals surface area contributed by atoms with E-state index < -0.39 is 5.25 Å². The first-order valence-corrected chi connectivity index (χ1v) is 7.94. The van der Waals surface area contributed by atoms with Gasteiger partial charge in [-0.25, -0.2) is 0 Å². The Kier molecular flexibility index (Phi) is 5.63. The van der Waals surface area contributed by atoms with Gasteiger partial charge in [0.05, 0.1) is 6.54 Å². The molecule has 0 radical (unpaired) electrons. The Morgan fingerprint density at radius 3 is 3.05 bits per heavy atom. The Morgan fingerprint density at radius 1 is 1.59 bits per heavy atom. The number of aliphatic imine (C=N–C) groups is 1. The summed E-state index contributed by atoms with van der Waals surface area (Å²) in [6.45, 7) is 5.88. The van der Waals surface area contributed by atoms with Gasteiger partial charge < -0.3 is 10.6 Å². The first kappa shape index (κ1) is 16.6. The highest BCUT2D eigenvalue weighted by atomic mass is 35.5. The second-order valence-electron chi connectivity index (χ2n) is 4.75. The number of carbonyl (C=O) groups is 2. The number of anilines is 1. The van der Waals surface area contributed by atoms with Crippen LogP contribution in [-0.2, 0) is 9.59 Å². The highest BCUT2D eigenvalue weighted by molar-refractivity contribution is 8.15. The first-order chi connectivity index (χ1) is 10.5. The molecule has 2 N–H and O–H groups in total. The van der Waals surface area contributed by atoms with Gasteiger partial charge in [-0.15, -0.1) is 6.58 Å². The lowest BCUT2D eigenvalue weighted by atomic mass is 10.2. The van der Waals surface area contributed by atoms with E-state index in [0.717, 1.165) is 5.56 Å². The van der Waals surface area contributed by atoms with E-state index in [1.165, 1.54) is 11.8 Å². The lowest BCUT2D eigenvalue weighted by Crippen LogP contribution is -2.28. The van der Waals surface area contributed by atoms with Crippen LogP contribution in [0.3, 0.4) is 0 Å². The molecule has 1 fully saturated rings. The number of aryl methyl sites for hydroxylation is 1. The summed E-state index contributed by atoms with van der Waals surface area (Å²) < 4.78 is 0. The zero-order chi connectivity index (χ0) is 16.1. The molecule has 0 spiro atoms. The van der Waals surface area contributed by atoms with Crippen molar-refractivity contribution in [1.82, 2.24) is 5.32 Å². The maximum Gasteiger partial charge on any atom is 0.240 e. The predicted molar refractivity (Wildman–Crippen MR) is 91.5 cm³/mol. The van der Waals surface area contributed by atoms with Crippen LogP contribution in [0.4, 0.5) is 5.69 Å². The minimum absolute atomic E-state index is 0.0785. The van der Waals surface area contributed by atoms with Gasteiger partial charge in [-0.1, -0.05) is 35.5 Å². The molecule has 0 bridgehead atoms. The number of amides is 2. The van der Waals surface area contributed by atoms with E-state index in [4.69, 9.17) is 11.6 Å². The molecule has 2 amide bonds. The van der Waals surface area contributed by atoms with E-state index in [9.17, 15) is 9.59 Å². The van der Waals surface area contributed by atoms with Crippen molar-refractivity contribution < 1.29 is 9.59 Å². The summed E-state index contributed by atoms with van der Waals surface area (Å²) in [5.41, 5.74) is 1.55. The molecule has 1 atom stereocenters. The fraction of sp³-hybridized carbons (Fsp3) is 0.267. The third-order valence-corrected chi connectivity index (χ3v) is 4.49. The summed E-state index contributed by atoms with van der Waals surface area (Å²) in [6, 6.07) is 5.29. The predicted octanol–water partition coefficient (Wildman–Crippen LogP) is 2.75. The van der Waals surface area contributed by atoms with Gasteiger partial charge in [0.15, 0.2) is 5.17 Å². The van der Waals surface area contributed by atoms with Crippen LogP contribution < -0.4 is 10.6 Å². The molecule has 1 aliphatic heterocycles. The zero-order valence-corrected chi connectivity index (χ0v) is 13.6. The lowest BCUT2D eigenvalue weighted by molar-refractivity contribution is -0.122. The van der Waals surface area contributed by atoms with Gasteiger partial charge in [-0.2, -0.15) is 0 Å². The number of hydrogen-bond donors (Lipinski definition) is 2. The molecule has 7 heteroatoms. The molecule has 0 aromatic heterocycles. The van der Waals surface area contributed by atoms with E-state index in [1.807, 2.05) is 13.0 Å². The zero-order valence-electron chi connectivity index (χ0n) is 12.1. The molecule has 1 aliphatic rings. The molecule has 2 rings (SSSR count). The van der Waals surface area contributed by atoms with E-state index >= 15 is 0 Å². The Hall–Kier alpha value is -1.79. The fourth-order valence-corrected chi connectivity index (χ4v) is 2.97. The van der Waals surface area contributed by atoms with Crippen molar-refractivity contribution in [3.63, 3.8) is 0 Å². The number of thioether (sulfide) groups is 1. The van der Waals surface area contributed by atoms with Crippen LogP contribution in [0.15, 0.2) is 35.8 Å². The van der Waals surface area contributed by atoms with Gasteiger partial charge >= 0.3 is 0 Å². The van der Waals surface area contributed by atoms with Crippen molar-refractivity contribution in [1.29, 1.82) is 0 Å². The number of amidine groups is 1. The molecule has 116 valence electrons. The van der Waals surface area contributed by atoms with Crippen LogP contribution in [-0.4, -0.2) is 28.8 Å². The smallest absolute Gasteiger partial charge is 0.240 e. The Labute approximate surface area is 138 Å². The molecular formula is C15H16ClN3O2S. The molecule has 1 aromatic carbocycles. The third-order valence-electron chi connectivity index (χ3n) is 2.97. The summed E-state index contributed by atoms with van der Waals surface area (Å²) in [6.07, 6.45) is 1.72. The van der Waals surface area contributed by atoms with Crippen LogP contribution in [0.2, 0.25) is 5.02 Å². The molecule has 1 unspecified atom stereocenters. The van der Waals surface area contributed by atoms with E-state index in [2.05, 4.69) is 22.2 Å². The van der Waals surface area contributed by atoms with Gasteiger partial charge in [0, 0.05) is 17.1 Å². The maximum atomic E-state index is 12.0. The molecule has 22 heavy (non-hydrogen) atoms. The number of carbonyl (C=O) groups excluding carboxylic acids is 2. The van der Waals surface area contributed by atoms with Gasteiger partial charge in [-0.3, -0.25) is 14.6 Å². The number of nitrogens with one attached hydrogen (secondary N) is 2. The van der Waals surface area contributed by atoms with E-state index in [-0.39, 0.29) is 18.2 Å². The standard InChI is InChI=1S/C15H16ClN3O2S/c1-3-6-17-15-19-14(21)12(22-15)8-13(20)18-10-5-4-9(2)11(16)7-10/h3-5,7,12H,1,6,8H2,2H3,(H,18,20)(H,17,19,21). The number of benzene rings is 1. The quantitative estimate of drug-likeness (QED) is 0.812. The normalized spacial score (nSPS) is 19.1. The topological polar surface area (TPSA) is 70.6 Å². The van der Waals surface area contributed by atoms with Crippen LogP contribution >= 0.6 is 23.4 Å². The summed E-state index contributed by atoms with van der Waals surface area (Å²) in [5, 5.41) is 6.04.